The summed E-state index contributed by atoms with van der Waals surface area (Å²) < 4.78 is 37.3. The first-order chi connectivity index (χ1) is 7.80. The lowest BCUT2D eigenvalue weighted by molar-refractivity contribution is -0.138. The van der Waals surface area contributed by atoms with Crippen LogP contribution in [-0.2, 0) is 11.0 Å². The average molecular weight is 241 g/mol. The van der Waals surface area contributed by atoms with Gasteiger partial charge in [-0.05, 0) is 30.7 Å². The van der Waals surface area contributed by atoms with E-state index in [2.05, 4.69) is 11.8 Å². The summed E-state index contributed by atoms with van der Waals surface area (Å²) in [5.74, 6) is 4.49. The summed E-state index contributed by atoms with van der Waals surface area (Å²) in [4.78, 5) is 10.4. The number of hydrogen-bond acceptors (Lipinski definition) is 1. The molecule has 0 fully saturated rings. The number of amides is 1. The van der Waals surface area contributed by atoms with E-state index in [-0.39, 0.29) is 12.0 Å². The molecule has 0 aromatic heterocycles. The monoisotopic (exact) mass is 241 g/mol. The molecule has 0 unspecified atom stereocenters. The molecular formula is C12H10F3NO. The number of carbonyl (C=O) groups is 1. The summed E-state index contributed by atoms with van der Waals surface area (Å²) in [7, 11) is 0. The van der Waals surface area contributed by atoms with Gasteiger partial charge in [-0.2, -0.15) is 13.2 Å². The van der Waals surface area contributed by atoms with Gasteiger partial charge in [-0.3, -0.25) is 4.79 Å². The van der Waals surface area contributed by atoms with Crippen molar-refractivity contribution in [3.05, 3.63) is 34.9 Å². The fourth-order valence-electron chi connectivity index (χ4n) is 1.29. The van der Waals surface area contributed by atoms with Crippen LogP contribution in [0.25, 0.3) is 0 Å². The molecule has 0 aliphatic heterocycles. The summed E-state index contributed by atoms with van der Waals surface area (Å²) in [6.07, 6.45) is -4.47. The van der Waals surface area contributed by atoms with Crippen LogP contribution in [-0.4, -0.2) is 5.91 Å². The average Bonchev–Trinajstić information content (AvgIpc) is 2.14. The molecular weight excluding hydrogens is 231 g/mol. The number of hydrogen-bond donors (Lipinski definition) is 1. The van der Waals surface area contributed by atoms with Crippen molar-refractivity contribution in [2.75, 3.05) is 0 Å². The number of alkyl halides is 3. The minimum Gasteiger partial charge on any atom is -0.369 e. The fourth-order valence-corrected chi connectivity index (χ4v) is 1.29. The van der Waals surface area contributed by atoms with E-state index in [0.29, 0.717) is 5.56 Å². The molecule has 0 spiro atoms. The fraction of sp³-hybridized carbons (Fsp3) is 0.250. The van der Waals surface area contributed by atoms with E-state index in [1.54, 1.807) is 0 Å². The zero-order valence-electron chi connectivity index (χ0n) is 9.06. The van der Waals surface area contributed by atoms with Crippen LogP contribution >= 0.6 is 0 Å². The van der Waals surface area contributed by atoms with Crippen LogP contribution < -0.4 is 5.73 Å². The number of aryl methyl sites for hydroxylation is 1. The lowest BCUT2D eigenvalue weighted by atomic mass is 10.0. The molecule has 0 heterocycles. The Morgan fingerprint density at radius 2 is 2.06 bits per heavy atom. The molecule has 0 radical (unpaired) electrons. The van der Waals surface area contributed by atoms with Crippen LogP contribution in [0.15, 0.2) is 18.2 Å². The van der Waals surface area contributed by atoms with Gasteiger partial charge in [0.05, 0.1) is 12.0 Å². The second-order valence-corrected chi connectivity index (χ2v) is 3.47. The van der Waals surface area contributed by atoms with Gasteiger partial charge in [0.15, 0.2) is 0 Å². The van der Waals surface area contributed by atoms with Gasteiger partial charge in [0.25, 0.3) is 0 Å². The van der Waals surface area contributed by atoms with Crippen molar-refractivity contribution in [2.24, 2.45) is 5.73 Å². The first-order valence-electron chi connectivity index (χ1n) is 4.75. The Hall–Kier alpha value is -1.96. The van der Waals surface area contributed by atoms with Gasteiger partial charge in [0.2, 0.25) is 5.91 Å². The minimum atomic E-state index is -4.36. The molecule has 0 aliphatic carbocycles. The van der Waals surface area contributed by atoms with Crippen molar-refractivity contribution in [1.82, 2.24) is 0 Å². The second-order valence-electron chi connectivity index (χ2n) is 3.47. The van der Waals surface area contributed by atoms with E-state index in [9.17, 15) is 18.0 Å². The minimum absolute atomic E-state index is 0.100. The number of benzene rings is 1. The van der Waals surface area contributed by atoms with Crippen LogP contribution in [0.4, 0.5) is 13.2 Å². The highest BCUT2D eigenvalue weighted by Crippen LogP contribution is 2.31. The van der Waals surface area contributed by atoms with Crippen LogP contribution in [0.1, 0.15) is 23.1 Å². The largest absolute Gasteiger partial charge is 0.416 e. The summed E-state index contributed by atoms with van der Waals surface area (Å²) in [6, 6.07) is 3.57. The number of halogens is 3. The smallest absolute Gasteiger partial charge is 0.369 e. The van der Waals surface area contributed by atoms with Gasteiger partial charge in [0.1, 0.15) is 0 Å². The standard InChI is InChI=1S/C12H10F3NO/c1-8-7-9(3-2-4-11(16)17)5-6-10(8)12(13,14)15/h5-7H,4H2,1H3,(H2,16,17). The molecule has 0 aliphatic rings. The van der Waals surface area contributed by atoms with Crippen LogP contribution in [0.5, 0.6) is 0 Å². The van der Waals surface area contributed by atoms with Crippen molar-refractivity contribution in [3.8, 4) is 11.8 Å². The predicted octanol–water partition coefficient (Wildman–Crippen LogP) is 2.24. The number of carbonyl (C=O) groups excluding carboxylic acids is 1. The Morgan fingerprint density at radius 3 is 2.53 bits per heavy atom. The van der Waals surface area contributed by atoms with Crippen molar-refractivity contribution in [2.45, 2.75) is 19.5 Å². The van der Waals surface area contributed by atoms with Crippen LogP contribution in [0, 0.1) is 18.8 Å². The third-order valence-electron chi connectivity index (χ3n) is 2.03. The lowest BCUT2D eigenvalue weighted by Crippen LogP contribution is -2.08. The zero-order chi connectivity index (χ0) is 13.1. The van der Waals surface area contributed by atoms with Crippen molar-refractivity contribution < 1.29 is 18.0 Å². The third kappa shape index (κ3) is 3.83. The number of primary amides is 1. The molecule has 90 valence electrons. The van der Waals surface area contributed by atoms with Gasteiger partial charge in [-0.15, -0.1) is 0 Å². The summed E-state index contributed by atoms with van der Waals surface area (Å²) in [5, 5.41) is 0. The van der Waals surface area contributed by atoms with Crippen molar-refractivity contribution in [3.63, 3.8) is 0 Å². The summed E-state index contributed by atoms with van der Waals surface area (Å²) >= 11 is 0. The molecule has 1 amide bonds. The molecule has 17 heavy (non-hydrogen) atoms. The normalized spacial score (nSPS) is 10.6. The van der Waals surface area contributed by atoms with Crippen LogP contribution in [0.3, 0.4) is 0 Å². The molecule has 0 saturated carbocycles. The Morgan fingerprint density at radius 1 is 1.41 bits per heavy atom. The van der Waals surface area contributed by atoms with Gasteiger partial charge in [0, 0.05) is 5.56 Å². The summed E-state index contributed by atoms with van der Waals surface area (Å²) in [6.45, 7) is 1.36. The first-order valence-corrected chi connectivity index (χ1v) is 4.75. The summed E-state index contributed by atoms with van der Waals surface area (Å²) in [5.41, 5.74) is 4.72. The molecule has 5 heteroatoms. The van der Waals surface area contributed by atoms with Gasteiger partial charge in [-0.1, -0.05) is 11.8 Å². The Balaban J connectivity index is 2.96. The molecule has 2 nitrogen and oxygen atoms in total. The third-order valence-corrected chi connectivity index (χ3v) is 2.03. The van der Waals surface area contributed by atoms with Crippen molar-refractivity contribution >= 4 is 5.91 Å². The second kappa shape index (κ2) is 4.91. The Bertz CT molecular complexity index is 495. The van der Waals surface area contributed by atoms with E-state index >= 15 is 0 Å². The Kier molecular flexibility index (Phi) is 3.79. The molecule has 2 N–H and O–H groups in total. The molecule has 0 bridgehead atoms. The zero-order valence-corrected chi connectivity index (χ0v) is 9.06. The van der Waals surface area contributed by atoms with E-state index in [1.165, 1.54) is 19.1 Å². The van der Waals surface area contributed by atoms with E-state index in [0.717, 1.165) is 6.07 Å². The predicted molar refractivity (Wildman–Crippen MR) is 56.9 cm³/mol. The quantitative estimate of drug-likeness (QED) is 0.753. The molecule has 1 aromatic rings. The Labute approximate surface area is 96.6 Å². The maximum atomic E-state index is 12.4. The maximum absolute atomic E-state index is 12.4. The maximum Gasteiger partial charge on any atom is 0.416 e. The molecule has 0 atom stereocenters. The van der Waals surface area contributed by atoms with Gasteiger partial charge in [-0.25, -0.2) is 0 Å². The topological polar surface area (TPSA) is 43.1 Å². The molecule has 0 saturated heterocycles. The van der Waals surface area contributed by atoms with Gasteiger partial charge >= 0.3 is 6.18 Å². The van der Waals surface area contributed by atoms with E-state index in [1.807, 2.05) is 0 Å². The lowest BCUT2D eigenvalue weighted by Gasteiger charge is -2.09. The van der Waals surface area contributed by atoms with Crippen molar-refractivity contribution in [1.29, 1.82) is 0 Å². The van der Waals surface area contributed by atoms with E-state index < -0.39 is 17.6 Å². The number of nitrogens with two attached hydrogens (primary N) is 1. The van der Waals surface area contributed by atoms with Crippen LogP contribution in [0.2, 0.25) is 0 Å². The SMILES string of the molecule is Cc1cc(C#CCC(N)=O)ccc1C(F)(F)F. The van der Waals surface area contributed by atoms with E-state index in [4.69, 9.17) is 5.73 Å². The number of rotatable bonds is 1. The van der Waals surface area contributed by atoms with Gasteiger partial charge < -0.3 is 5.73 Å². The molecule has 1 aromatic carbocycles. The first kappa shape index (κ1) is 13.1. The highest BCUT2D eigenvalue weighted by molar-refractivity contribution is 5.76. The molecule has 1 rings (SSSR count). The highest BCUT2D eigenvalue weighted by Gasteiger charge is 2.31. The highest BCUT2D eigenvalue weighted by atomic mass is 19.4.